The van der Waals surface area contributed by atoms with Crippen molar-refractivity contribution in [2.45, 2.75) is 19.4 Å². The third kappa shape index (κ3) is 2.68. The van der Waals surface area contributed by atoms with Gasteiger partial charge in [0, 0.05) is 12.7 Å². The number of anilines is 1. The van der Waals surface area contributed by atoms with Gasteiger partial charge in [0.1, 0.15) is 17.3 Å². The Morgan fingerprint density at radius 3 is 2.65 bits per heavy atom. The first-order chi connectivity index (χ1) is 9.63. The number of carbonyl (C=O) groups is 1. The summed E-state index contributed by atoms with van der Waals surface area (Å²) in [4.78, 5) is 11.9. The Morgan fingerprint density at radius 2 is 2.00 bits per heavy atom. The molecule has 1 saturated carbocycles. The van der Waals surface area contributed by atoms with Crippen LogP contribution >= 0.6 is 0 Å². The second kappa shape index (κ2) is 5.03. The third-order valence-electron chi connectivity index (χ3n) is 3.22. The summed E-state index contributed by atoms with van der Waals surface area (Å²) in [7, 11) is 0. The standard InChI is InChI=1S/C14H13F2N3O/c15-10-2-1-3-11(16)13(10)17-14(20)12-6-7-19(18-12)8-9-4-5-9/h1-3,6-7,9H,4-5,8H2,(H,17,20). The summed E-state index contributed by atoms with van der Waals surface area (Å²) in [5.41, 5.74) is -0.303. The van der Waals surface area contributed by atoms with Crippen LogP contribution in [0.4, 0.5) is 14.5 Å². The van der Waals surface area contributed by atoms with Crippen molar-refractivity contribution in [3.63, 3.8) is 0 Å². The molecule has 0 unspecified atom stereocenters. The van der Waals surface area contributed by atoms with E-state index in [1.165, 1.54) is 25.0 Å². The molecule has 0 bridgehead atoms. The normalized spacial score (nSPS) is 14.3. The summed E-state index contributed by atoms with van der Waals surface area (Å²) in [6.07, 6.45) is 4.06. The van der Waals surface area contributed by atoms with Gasteiger partial charge in [-0.15, -0.1) is 0 Å². The number of carbonyl (C=O) groups excluding carboxylic acids is 1. The lowest BCUT2D eigenvalue weighted by atomic mass is 10.3. The first-order valence-corrected chi connectivity index (χ1v) is 6.42. The van der Waals surface area contributed by atoms with Crippen LogP contribution in [0.2, 0.25) is 0 Å². The molecular formula is C14H13F2N3O. The number of para-hydroxylation sites is 1. The maximum absolute atomic E-state index is 13.4. The quantitative estimate of drug-likeness (QED) is 0.934. The fraction of sp³-hybridized carbons (Fsp3) is 0.286. The van der Waals surface area contributed by atoms with Gasteiger partial charge in [-0.2, -0.15) is 5.10 Å². The van der Waals surface area contributed by atoms with E-state index < -0.39 is 23.2 Å². The molecule has 1 aliphatic rings. The topological polar surface area (TPSA) is 46.9 Å². The van der Waals surface area contributed by atoms with Crippen molar-refractivity contribution in [1.29, 1.82) is 0 Å². The van der Waals surface area contributed by atoms with Gasteiger partial charge >= 0.3 is 0 Å². The van der Waals surface area contributed by atoms with Crippen LogP contribution in [0.25, 0.3) is 0 Å². The van der Waals surface area contributed by atoms with Gasteiger partial charge in [0.25, 0.3) is 5.91 Å². The Kier molecular flexibility index (Phi) is 3.22. The maximum atomic E-state index is 13.4. The fourth-order valence-corrected chi connectivity index (χ4v) is 1.94. The molecule has 1 N–H and O–H groups in total. The van der Waals surface area contributed by atoms with Crippen LogP contribution in [0, 0.1) is 17.6 Å². The predicted molar refractivity (Wildman–Crippen MR) is 69.3 cm³/mol. The van der Waals surface area contributed by atoms with Gasteiger partial charge < -0.3 is 5.32 Å². The second-order valence-electron chi connectivity index (χ2n) is 4.92. The number of hydrogen-bond acceptors (Lipinski definition) is 2. The van der Waals surface area contributed by atoms with Crippen molar-refractivity contribution in [1.82, 2.24) is 9.78 Å². The largest absolute Gasteiger partial charge is 0.316 e. The highest BCUT2D eigenvalue weighted by atomic mass is 19.1. The molecule has 0 radical (unpaired) electrons. The molecule has 0 aliphatic heterocycles. The lowest BCUT2D eigenvalue weighted by Crippen LogP contribution is -2.15. The summed E-state index contributed by atoms with van der Waals surface area (Å²) < 4.78 is 28.5. The number of aromatic nitrogens is 2. The summed E-state index contributed by atoms with van der Waals surface area (Å²) in [5, 5.41) is 6.32. The molecule has 0 saturated heterocycles. The molecule has 1 fully saturated rings. The van der Waals surface area contributed by atoms with Crippen LogP contribution < -0.4 is 5.32 Å². The zero-order valence-corrected chi connectivity index (χ0v) is 10.6. The van der Waals surface area contributed by atoms with Crippen LogP contribution in [-0.4, -0.2) is 15.7 Å². The number of benzene rings is 1. The van der Waals surface area contributed by atoms with Crippen LogP contribution in [0.15, 0.2) is 30.5 Å². The molecule has 4 nitrogen and oxygen atoms in total. The minimum atomic E-state index is -0.809. The minimum absolute atomic E-state index is 0.147. The molecule has 104 valence electrons. The van der Waals surface area contributed by atoms with Crippen LogP contribution in [0.3, 0.4) is 0 Å². The summed E-state index contributed by atoms with van der Waals surface area (Å²) >= 11 is 0. The molecule has 1 heterocycles. The first kappa shape index (κ1) is 12.8. The highest BCUT2D eigenvalue weighted by molar-refractivity contribution is 6.02. The van der Waals surface area contributed by atoms with E-state index in [9.17, 15) is 13.6 Å². The highest BCUT2D eigenvalue weighted by Crippen LogP contribution is 2.30. The number of rotatable bonds is 4. The van der Waals surface area contributed by atoms with E-state index >= 15 is 0 Å². The van der Waals surface area contributed by atoms with Gasteiger partial charge in [0.2, 0.25) is 0 Å². The van der Waals surface area contributed by atoms with Gasteiger partial charge in [0.05, 0.1) is 0 Å². The Bertz CT molecular complexity index is 629. The van der Waals surface area contributed by atoms with E-state index in [0.717, 1.165) is 18.7 Å². The maximum Gasteiger partial charge on any atom is 0.276 e. The molecule has 0 spiro atoms. The second-order valence-corrected chi connectivity index (χ2v) is 4.92. The van der Waals surface area contributed by atoms with E-state index in [0.29, 0.717) is 5.92 Å². The zero-order valence-electron chi connectivity index (χ0n) is 10.6. The molecule has 1 aromatic carbocycles. The molecule has 0 atom stereocenters. The average Bonchev–Trinajstić information content (AvgIpc) is 3.09. The number of nitrogens with one attached hydrogen (secondary N) is 1. The Labute approximate surface area is 114 Å². The first-order valence-electron chi connectivity index (χ1n) is 6.42. The van der Waals surface area contributed by atoms with Crippen molar-refractivity contribution >= 4 is 11.6 Å². The highest BCUT2D eigenvalue weighted by Gasteiger charge is 2.22. The van der Waals surface area contributed by atoms with E-state index in [2.05, 4.69) is 10.4 Å². The summed E-state index contributed by atoms with van der Waals surface area (Å²) in [5.74, 6) is -1.61. The van der Waals surface area contributed by atoms with Gasteiger partial charge in [-0.1, -0.05) is 6.07 Å². The minimum Gasteiger partial charge on any atom is -0.316 e. The van der Waals surface area contributed by atoms with Crippen molar-refractivity contribution in [2.24, 2.45) is 5.92 Å². The van der Waals surface area contributed by atoms with Gasteiger partial charge in [-0.3, -0.25) is 9.48 Å². The summed E-state index contributed by atoms with van der Waals surface area (Å²) in [6.45, 7) is 0.779. The average molecular weight is 277 g/mol. The third-order valence-corrected chi connectivity index (χ3v) is 3.22. The molecule has 1 amide bonds. The van der Waals surface area contributed by atoms with Crippen LogP contribution in [0.1, 0.15) is 23.3 Å². The summed E-state index contributed by atoms with van der Waals surface area (Å²) in [6, 6.07) is 4.95. The molecule has 20 heavy (non-hydrogen) atoms. The van der Waals surface area contributed by atoms with Crippen molar-refractivity contribution in [3.05, 3.63) is 47.8 Å². The van der Waals surface area contributed by atoms with E-state index in [1.807, 2.05) is 0 Å². The van der Waals surface area contributed by atoms with Crippen molar-refractivity contribution in [2.75, 3.05) is 5.32 Å². The lowest BCUT2D eigenvalue weighted by Gasteiger charge is -2.05. The van der Waals surface area contributed by atoms with E-state index in [-0.39, 0.29) is 5.69 Å². The smallest absolute Gasteiger partial charge is 0.276 e. The van der Waals surface area contributed by atoms with Crippen LogP contribution in [0.5, 0.6) is 0 Å². The monoisotopic (exact) mass is 277 g/mol. The van der Waals surface area contributed by atoms with E-state index in [1.54, 1.807) is 10.9 Å². The number of halogens is 2. The number of amides is 1. The van der Waals surface area contributed by atoms with Crippen molar-refractivity contribution < 1.29 is 13.6 Å². The lowest BCUT2D eigenvalue weighted by molar-refractivity contribution is 0.102. The number of hydrogen-bond donors (Lipinski definition) is 1. The Morgan fingerprint density at radius 1 is 1.30 bits per heavy atom. The Hall–Kier alpha value is -2.24. The molecule has 1 aliphatic carbocycles. The SMILES string of the molecule is O=C(Nc1c(F)cccc1F)c1ccn(CC2CC2)n1. The molecule has 3 rings (SSSR count). The van der Waals surface area contributed by atoms with Gasteiger partial charge in [0.15, 0.2) is 5.69 Å². The number of nitrogens with zero attached hydrogens (tertiary/aromatic N) is 2. The fourth-order valence-electron chi connectivity index (χ4n) is 1.94. The van der Waals surface area contributed by atoms with Gasteiger partial charge in [-0.05, 0) is 37.0 Å². The van der Waals surface area contributed by atoms with Crippen molar-refractivity contribution in [3.8, 4) is 0 Å². The predicted octanol–water partition coefficient (Wildman–Crippen LogP) is 2.82. The molecule has 2 aromatic rings. The Balaban J connectivity index is 1.73. The van der Waals surface area contributed by atoms with Gasteiger partial charge in [-0.25, -0.2) is 8.78 Å². The molecule has 6 heteroatoms. The molecule has 1 aromatic heterocycles. The zero-order chi connectivity index (χ0) is 14.1. The van der Waals surface area contributed by atoms with Crippen LogP contribution in [-0.2, 0) is 6.54 Å². The molecular weight excluding hydrogens is 264 g/mol. The van der Waals surface area contributed by atoms with E-state index in [4.69, 9.17) is 0 Å².